The fraction of sp³-hybridized carbons (Fsp3) is 0.485. The fourth-order valence-electron chi connectivity index (χ4n) is 6.92. The fourth-order valence-corrected chi connectivity index (χ4v) is 7.49. The molecular formula is C33H40BrF2N7O3. The summed E-state index contributed by atoms with van der Waals surface area (Å²) < 4.78 is 37.9. The molecule has 5 N–H and O–H groups in total. The quantitative estimate of drug-likeness (QED) is 0.148. The molecule has 2 unspecified atom stereocenters. The van der Waals surface area contributed by atoms with Crippen LogP contribution >= 0.6 is 15.9 Å². The Morgan fingerprint density at radius 1 is 1.15 bits per heavy atom. The summed E-state index contributed by atoms with van der Waals surface area (Å²) in [6.45, 7) is 7.78. The van der Waals surface area contributed by atoms with Crippen LogP contribution in [-0.2, 0) is 0 Å². The van der Waals surface area contributed by atoms with Gasteiger partial charge in [-0.2, -0.15) is 9.97 Å². The van der Waals surface area contributed by atoms with Gasteiger partial charge in [0.25, 0.3) is 0 Å². The summed E-state index contributed by atoms with van der Waals surface area (Å²) in [5.41, 5.74) is 7.97. The number of anilines is 1. The number of phenols is 1. The van der Waals surface area contributed by atoms with Gasteiger partial charge in [-0.3, -0.25) is 9.88 Å². The number of rotatable bonds is 10. The molecule has 13 heteroatoms. The highest BCUT2D eigenvalue weighted by molar-refractivity contribution is 9.10. The van der Waals surface area contributed by atoms with E-state index in [2.05, 4.69) is 50.1 Å². The Hall–Kier alpha value is -3.23. The van der Waals surface area contributed by atoms with Crippen molar-refractivity contribution in [2.75, 3.05) is 44.2 Å². The van der Waals surface area contributed by atoms with Crippen molar-refractivity contribution in [1.82, 2.24) is 25.3 Å². The lowest BCUT2D eigenvalue weighted by molar-refractivity contribution is 0.0850. The molecule has 4 heterocycles. The summed E-state index contributed by atoms with van der Waals surface area (Å²) >= 11 is 3.31. The summed E-state index contributed by atoms with van der Waals surface area (Å²) in [7, 11) is 0. The van der Waals surface area contributed by atoms with Gasteiger partial charge in [-0.05, 0) is 91.6 Å². The lowest BCUT2D eigenvalue weighted by atomic mass is 9.90. The van der Waals surface area contributed by atoms with Crippen molar-refractivity contribution >= 4 is 43.4 Å². The second kappa shape index (κ2) is 13.1. The van der Waals surface area contributed by atoms with Crippen LogP contribution in [0.4, 0.5) is 14.6 Å². The predicted molar refractivity (Wildman–Crippen MR) is 177 cm³/mol. The molecule has 2 aliphatic rings. The lowest BCUT2D eigenvalue weighted by Gasteiger charge is -2.40. The predicted octanol–water partition coefficient (Wildman–Crippen LogP) is 5.90. The number of benzene rings is 2. The highest BCUT2D eigenvalue weighted by Gasteiger charge is 2.38. The van der Waals surface area contributed by atoms with Crippen LogP contribution in [0.1, 0.15) is 52.4 Å². The molecule has 46 heavy (non-hydrogen) atoms. The molecule has 2 aromatic carbocycles. The highest BCUT2D eigenvalue weighted by atomic mass is 79.9. The van der Waals surface area contributed by atoms with Crippen LogP contribution in [0.25, 0.3) is 32.9 Å². The zero-order valence-electron chi connectivity index (χ0n) is 26.1. The van der Waals surface area contributed by atoms with Gasteiger partial charge in [0, 0.05) is 42.3 Å². The number of fused-ring (bicyclic) bond motifs is 2. The van der Waals surface area contributed by atoms with Crippen molar-refractivity contribution in [3.63, 3.8) is 0 Å². The average Bonchev–Trinajstić information content (AvgIpc) is 3.40. The second-order valence-corrected chi connectivity index (χ2v) is 13.7. The van der Waals surface area contributed by atoms with E-state index < -0.39 is 17.2 Å². The number of unbranched alkanes of at least 4 members (excludes halogenated alkanes) is 1. The molecule has 2 saturated heterocycles. The van der Waals surface area contributed by atoms with Crippen molar-refractivity contribution in [1.29, 1.82) is 0 Å². The normalized spacial score (nSPS) is 22.3. The van der Waals surface area contributed by atoms with E-state index in [9.17, 15) is 14.7 Å². The lowest BCUT2D eigenvalue weighted by Crippen LogP contribution is -2.59. The van der Waals surface area contributed by atoms with Crippen LogP contribution in [0, 0.1) is 11.6 Å². The van der Waals surface area contributed by atoms with E-state index in [1.54, 1.807) is 0 Å². The molecule has 0 radical (unpaired) electrons. The molecular weight excluding hydrogens is 660 g/mol. The van der Waals surface area contributed by atoms with Gasteiger partial charge in [0.1, 0.15) is 35.2 Å². The number of hydrogen-bond acceptors (Lipinski definition) is 10. The van der Waals surface area contributed by atoms with Gasteiger partial charge < -0.3 is 25.7 Å². The van der Waals surface area contributed by atoms with Crippen molar-refractivity contribution in [3.8, 4) is 23.0 Å². The molecule has 0 aliphatic carbocycles. The first kappa shape index (κ1) is 32.7. The van der Waals surface area contributed by atoms with Crippen molar-refractivity contribution in [2.24, 2.45) is 5.73 Å². The monoisotopic (exact) mass is 699 g/mol. The van der Waals surface area contributed by atoms with Gasteiger partial charge in [0.2, 0.25) is 0 Å². The molecule has 246 valence electrons. The van der Waals surface area contributed by atoms with E-state index in [0.29, 0.717) is 48.1 Å². The van der Waals surface area contributed by atoms with Gasteiger partial charge in [0.15, 0.2) is 5.82 Å². The zero-order valence-corrected chi connectivity index (χ0v) is 27.7. The Labute approximate surface area is 275 Å². The van der Waals surface area contributed by atoms with Crippen LogP contribution < -0.4 is 20.9 Å². The Balaban J connectivity index is 1.47. The van der Waals surface area contributed by atoms with Crippen molar-refractivity contribution in [2.45, 2.75) is 63.5 Å². The molecule has 2 fully saturated rings. The Bertz CT molecular complexity index is 1760. The van der Waals surface area contributed by atoms with Gasteiger partial charge in [0.05, 0.1) is 15.4 Å². The number of phenolic OH excluding ortho intramolecular Hbond substituents is 1. The first-order valence-electron chi connectivity index (χ1n) is 15.8. The maximum Gasteiger partial charge on any atom is 0.319 e. The standard InChI is InChI=1S/C33H40BrF2N7O3/c1-3-4-12-43-13-5-9-32(43,2)19-46-31-40-29-23(30(41-31)42-11-6-10-33(37,18-42)17-39-45)16-38-28(27(29)36)22-15-21(44)14-20-7-8-24(35)26(34)25(20)22/h7-8,14-16,39,44-45H,3-6,9-13,17-19,37H2,1-2H3. The Morgan fingerprint density at radius 3 is 2.74 bits per heavy atom. The molecule has 6 rings (SSSR count). The van der Waals surface area contributed by atoms with Crippen LogP contribution in [0.2, 0.25) is 0 Å². The van der Waals surface area contributed by atoms with Crippen LogP contribution in [0.3, 0.4) is 0 Å². The third-order valence-electron chi connectivity index (χ3n) is 9.43. The number of likely N-dealkylation sites (tertiary alicyclic amines) is 1. The molecule has 0 spiro atoms. The molecule has 0 amide bonds. The number of ether oxygens (including phenoxy) is 1. The average molecular weight is 701 g/mol. The Morgan fingerprint density at radius 2 is 1.96 bits per heavy atom. The van der Waals surface area contributed by atoms with Gasteiger partial charge in [-0.25, -0.2) is 14.3 Å². The molecule has 2 aromatic heterocycles. The highest BCUT2D eigenvalue weighted by Crippen LogP contribution is 2.41. The number of pyridine rings is 1. The minimum Gasteiger partial charge on any atom is -0.508 e. The number of aromatic nitrogens is 3. The number of halogens is 3. The minimum absolute atomic E-state index is 0.0121. The second-order valence-electron chi connectivity index (χ2n) is 12.9. The topological polar surface area (TPSA) is 133 Å². The smallest absolute Gasteiger partial charge is 0.319 e. The third kappa shape index (κ3) is 6.23. The molecule has 2 aliphatic heterocycles. The SMILES string of the molecule is CCCCN1CCCC1(C)COc1nc(N2CCCC(N)(CNO)C2)c2cnc(-c3cc(O)cc4ccc(F)c(Br)c34)c(F)c2n1. The Kier molecular flexibility index (Phi) is 9.32. The van der Waals surface area contributed by atoms with Crippen LogP contribution in [0.5, 0.6) is 11.8 Å². The number of nitrogens with zero attached hydrogens (tertiary/aromatic N) is 5. The summed E-state index contributed by atoms with van der Waals surface area (Å²) in [5.74, 6) is -0.962. The summed E-state index contributed by atoms with van der Waals surface area (Å²) in [5, 5.41) is 21.2. The van der Waals surface area contributed by atoms with Gasteiger partial charge in [-0.15, -0.1) is 0 Å². The molecule has 10 nitrogen and oxygen atoms in total. The number of hydroxylamine groups is 1. The molecule has 4 aromatic rings. The van der Waals surface area contributed by atoms with Crippen molar-refractivity contribution in [3.05, 3.63) is 46.6 Å². The zero-order chi connectivity index (χ0) is 32.6. The van der Waals surface area contributed by atoms with E-state index in [4.69, 9.17) is 15.5 Å². The van der Waals surface area contributed by atoms with E-state index >= 15 is 4.39 Å². The van der Waals surface area contributed by atoms with Crippen molar-refractivity contribution < 1.29 is 23.8 Å². The first-order valence-corrected chi connectivity index (χ1v) is 16.6. The van der Waals surface area contributed by atoms with E-state index in [0.717, 1.165) is 45.2 Å². The molecule has 0 saturated carbocycles. The number of aromatic hydroxyl groups is 1. The number of nitrogens with two attached hydrogens (primary N) is 1. The molecule has 2 atom stereocenters. The van der Waals surface area contributed by atoms with Crippen LogP contribution in [-0.4, -0.2) is 80.6 Å². The number of nitrogens with one attached hydrogen (secondary N) is 1. The molecule has 0 bridgehead atoms. The number of hydrogen-bond donors (Lipinski definition) is 4. The summed E-state index contributed by atoms with van der Waals surface area (Å²) in [4.78, 5) is 18.3. The summed E-state index contributed by atoms with van der Waals surface area (Å²) in [6.07, 6.45) is 7.13. The van der Waals surface area contributed by atoms with Crippen LogP contribution in [0.15, 0.2) is 34.9 Å². The van der Waals surface area contributed by atoms with E-state index in [-0.39, 0.29) is 45.1 Å². The minimum atomic E-state index is -0.751. The van der Waals surface area contributed by atoms with Gasteiger partial charge in [-0.1, -0.05) is 19.4 Å². The van der Waals surface area contributed by atoms with E-state index in [1.165, 1.54) is 30.5 Å². The maximum absolute atomic E-state index is 16.8. The number of piperidine rings is 1. The maximum atomic E-state index is 16.8. The summed E-state index contributed by atoms with van der Waals surface area (Å²) in [6, 6.07) is 5.68. The third-order valence-corrected chi connectivity index (χ3v) is 10.2. The van der Waals surface area contributed by atoms with Gasteiger partial charge >= 0.3 is 6.01 Å². The van der Waals surface area contributed by atoms with E-state index in [1.807, 2.05) is 4.90 Å². The first-order chi connectivity index (χ1) is 22.1. The largest absolute Gasteiger partial charge is 0.508 e.